The third kappa shape index (κ3) is 2.81. The van der Waals surface area contributed by atoms with E-state index in [0.29, 0.717) is 5.92 Å². The Hall–Kier alpha value is -1.80. The molecule has 0 spiro atoms. The summed E-state index contributed by atoms with van der Waals surface area (Å²) in [6, 6.07) is 15.5. The Morgan fingerprint density at radius 3 is 2.76 bits per heavy atom. The Morgan fingerprint density at radius 1 is 1.14 bits per heavy atom. The van der Waals surface area contributed by atoms with Gasteiger partial charge in [-0.2, -0.15) is 0 Å². The first-order valence-electron chi connectivity index (χ1n) is 7.79. The largest absolute Gasteiger partial charge is 0.366 e. The van der Waals surface area contributed by atoms with Crippen molar-refractivity contribution < 1.29 is 0 Å². The van der Waals surface area contributed by atoms with Crippen LogP contribution in [0.2, 0.25) is 0 Å². The van der Waals surface area contributed by atoms with Gasteiger partial charge in [0.15, 0.2) is 0 Å². The number of benzene rings is 2. The third-order valence-corrected chi connectivity index (χ3v) is 4.54. The quantitative estimate of drug-likeness (QED) is 0.924. The molecule has 0 saturated heterocycles. The molecule has 2 aromatic rings. The van der Waals surface area contributed by atoms with E-state index in [4.69, 9.17) is 5.73 Å². The van der Waals surface area contributed by atoms with E-state index in [0.717, 1.165) is 26.1 Å². The van der Waals surface area contributed by atoms with Crippen molar-refractivity contribution >= 4 is 5.69 Å². The summed E-state index contributed by atoms with van der Waals surface area (Å²) in [4.78, 5) is 2.51. The average Bonchev–Trinajstić information content (AvgIpc) is 2.82. The molecule has 0 radical (unpaired) electrons. The van der Waals surface area contributed by atoms with Gasteiger partial charge in [-0.05, 0) is 49.6 Å². The lowest BCUT2D eigenvalue weighted by Gasteiger charge is -2.21. The van der Waals surface area contributed by atoms with Gasteiger partial charge in [-0.15, -0.1) is 0 Å². The molecule has 3 rings (SSSR count). The summed E-state index contributed by atoms with van der Waals surface area (Å²) in [5.74, 6) is 0.580. The van der Waals surface area contributed by atoms with E-state index in [1.807, 2.05) is 0 Å². The summed E-state index contributed by atoms with van der Waals surface area (Å²) < 4.78 is 0. The highest BCUT2D eigenvalue weighted by molar-refractivity contribution is 5.60. The zero-order valence-corrected chi connectivity index (χ0v) is 13.0. The number of hydrogen-bond acceptors (Lipinski definition) is 2. The number of nitrogens with zero attached hydrogens (tertiary/aromatic N) is 1. The summed E-state index contributed by atoms with van der Waals surface area (Å²) in [7, 11) is 0. The molecular weight excluding hydrogens is 256 g/mol. The average molecular weight is 280 g/mol. The van der Waals surface area contributed by atoms with Crippen LogP contribution in [0.1, 0.15) is 34.6 Å². The molecule has 21 heavy (non-hydrogen) atoms. The molecule has 2 nitrogen and oxygen atoms in total. The van der Waals surface area contributed by atoms with E-state index >= 15 is 0 Å². The minimum absolute atomic E-state index is 0.580. The Balaban J connectivity index is 1.88. The van der Waals surface area contributed by atoms with Gasteiger partial charge in [0, 0.05) is 24.7 Å². The summed E-state index contributed by atoms with van der Waals surface area (Å²) in [5, 5.41) is 0. The Labute approximate surface area is 127 Å². The van der Waals surface area contributed by atoms with Crippen molar-refractivity contribution in [2.45, 2.75) is 32.7 Å². The van der Waals surface area contributed by atoms with Gasteiger partial charge < -0.3 is 10.6 Å². The molecule has 0 bridgehead atoms. The summed E-state index contributed by atoms with van der Waals surface area (Å²) in [5.41, 5.74) is 12.8. The molecule has 2 N–H and O–H groups in total. The minimum atomic E-state index is 0.580. The van der Waals surface area contributed by atoms with Gasteiger partial charge in [0.25, 0.3) is 0 Å². The number of anilines is 1. The maximum Gasteiger partial charge on any atom is 0.0432 e. The lowest BCUT2D eigenvalue weighted by atomic mass is 9.98. The highest BCUT2D eigenvalue weighted by Crippen LogP contribution is 2.38. The molecule has 0 saturated carbocycles. The van der Waals surface area contributed by atoms with Gasteiger partial charge in [-0.1, -0.05) is 42.0 Å². The zero-order valence-electron chi connectivity index (χ0n) is 13.0. The molecule has 0 aromatic heterocycles. The van der Waals surface area contributed by atoms with E-state index in [2.05, 4.69) is 61.2 Å². The van der Waals surface area contributed by atoms with Crippen LogP contribution in [0.25, 0.3) is 0 Å². The number of rotatable bonds is 4. The van der Waals surface area contributed by atoms with E-state index in [1.165, 1.54) is 27.9 Å². The highest BCUT2D eigenvalue weighted by Gasteiger charge is 2.27. The van der Waals surface area contributed by atoms with Crippen LogP contribution in [0.3, 0.4) is 0 Å². The summed E-state index contributed by atoms with van der Waals surface area (Å²) >= 11 is 0. The Bertz CT molecular complexity index is 633. The Kier molecular flexibility index (Phi) is 3.98. The molecule has 0 amide bonds. The second-order valence-corrected chi connectivity index (χ2v) is 6.14. The van der Waals surface area contributed by atoms with Gasteiger partial charge in [0.1, 0.15) is 0 Å². The molecule has 0 aliphatic carbocycles. The fourth-order valence-corrected chi connectivity index (χ4v) is 3.36. The van der Waals surface area contributed by atoms with Crippen LogP contribution in [0, 0.1) is 13.8 Å². The van der Waals surface area contributed by atoms with Crippen molar-refractivity contribution in [3.63, 3.8) is 0 Å². The molecule has 2 heteroatoms. The molecule has 1 unspecified atom stereocenters. The van der Waals surface area contributed by atoms with Gasteiger partial charge in [-0.25, -0.2) is 0 Å². The maximum absolute atomic E-state index is 5.79. The van der Waals surface area contributed by atoms with Crippen molar-refractivity contribution in [3.8, 4) is 0 Å². The summed E-state index contributed by atoms with van der Waals surface area (Å²) in [6.45, 7) is 7.21. The van der Waals surface area contributed by atoms with Crippen molar-refractivity contribution in [1.82, 2.24) is 0 Å². The molecule has 110 valence electrons. The number of aryl methyl sites for hydroxylation is 2. The molecule has 1 aliphatic rings. The standard InChI is InChI=1S/C19H24N2/c1-14-7-8-15(2)17(11-14)13-21-12-16(9-10-20)18-5-3-4-6-19(18)21/h3-8,11,16H,9-10,12-13,20H2,1-2H3. The lowest BCUT2D eigenvalue weighted by Crippen LogP contribution is -2.22. The van der Waals surface area contributed by atoms with Crippen LogP contribution >= 0.6 is 0 Å². The maximum atomic E-state index is 5.79. The van der Waals surface area contributed by atoms with E-state index in [9.17, 15) is 0 Å². The molecular formula is C19H24N2. The molecule has 2 aromatic carbocycles. The highest BCUT2D eigenvalue weighted by atomic mass is 15.2. The van der Waals surface area contributed by atoms with Gasteiger partial charge in [0.2, 0.25) is 0 Å². The van der Waals surface area contributed by atoms with Crippen molar-refractivity contribution in [2.75, 3.05) is 18.0 Å². The van der Waals surface area contributed by atoms with Gasteiger partial charge in [0.05, 0.1) is 0 Å². The zero-order chi connectivity index (χ0) is 14.8. The monoisotopic (exact) mass is 280 g/mol. The van der Waals surface area contributed by atoms with E-state index in [1.54, 1.807) is 0 Å². The number of nitrogens with two attached hydrogens (primary N) is 1. The lowest BCUT2D eigenvalue weighted by molar-refractivity contribution is 0.643. The molecule has 1 aliphatic heterocycles. The van der Waals surface area contributed by atoms with Crippen LogP contribution in [0.15, 0.2) is 42.5 Å². The van der Waals surface area contributed by atoms with Crippen LogP contribution < -0.4 is 10.6 Å². The van der Waals surface area contributed by atoms with Crippen molar-refractivity contribution in [1.29, 1.82) is 0 Å². The fourth-order valence-electron chi connectivity index (χ4n) is 3.36. The normalized spacial score (nSPS) is 17.1. The number of para-hydroxylation sites is 1. The first kappa shape index (κ1) is 14.2. The smallest absolute Gasteiger partial charge is 0.0432 e. The summed E-state index contributed by atoms with van der Waals surface area (Å²) in [6.07, 6.45) is 1.07. The predicted octanol–water partition coefficient (Wildman–Crippen LogP) is 3.76. The number of hydrogen-bond donors (Lipinski definition) is 1. The number of fused-ring (bicyclic) bond motifs is 1. The van der Waals surface area contributed by atoms with Crippen molar-refractivity contribution in [3.05, 3.63) is 64.7 Å². The van der Waals surface area contributed by atoms with Crippen LogP contribution in [0.5, 0.6) is 0 Å². The molecule has 1 atom stereocenters. The predicted molar refractivity (Wildman–Crippen MR) is 89.8 cm³/mol. The topological polar surface area (TPSA) is 29.3 Å². The first-order chi connectivity index (χ1) is 10.2. The SMILES string of the molecule is Cc1ccc(C)c(CN2CC(CCN)c3ccccc32)c1. The second-order valence-electron chi connectivity index (χ2n) is 6.14. The van der Waals surface area contributed by atoms with E-state index in [-0.39, 0.29) is 0 Å². The van der Waals surface area contributed by atoms with Crippen LogP contribution in [-0.4, -0.2) is 13.1 Å². The van der Waals surface area contributed by atoms with Gasteiger partial charge in [-0.3, -0.25) is 0 Å². The van der Waals surface area contributed by atoms with E-state index < -0.39 is 0 Å². The molecule has 0 fully saturated rings. The second kappa shape index (κ2) is 5.90. The van der Waals surface area contributed by atoms with Crippen LogP contribution in [0.4, 0.5) is 5.69 Å². The fraction of sp³-hybridized carbons (Fsp3) is 0.368. The Morgan fingerprint density at radius 2 is 1.95 bits per heavy atom. The van der Waals surface area contributed by atoms with Crippen LogP contribution in [-0.2, 0) is 6.54 Å². The first-order valence-corrected chi connectivity index (χ1v) is 7.79. The molecule has 1 heterocycles. The minimum Gasteiger partial charge on any atom is -0.366 e. The van der Waals surface area contributed by atoms with Crippen molar-refractivity contribution in [2.24, 2.45) is 5.73 Å². The third-order valence-electron chi connectivity index (χ3n) is 4.54. The van der Waals surface area contributed by atoms with Gasteiger partial charge >= 0.3 is 0 Å².